The number of hydrogen-bond acceptors (Lipinski definition) is 9. The maximum absolute atomic E-state index is 13.0. The van der Waals surface area contributed by atoms with Crippen LogP contribution in [-0.2, 0) is 48.0 Å². The van der Waals surface area contributed by atoms with Gasteiger partial charge in [0, 0.05) is 44.2 Å². The molecule has 2 atom stereocenters. The van der Waals surface area contributed by atoms with Crippen molar-refractivity contribution >= 4 is 60.7 Å². The Labute approximate surface area is 342 Å². The number of carbonyl (C=O) groups is 1. The molecule has 0 aliphatic rings. The third kappa shape index (κ3) is 7.99. The summed E-state index contributed by atoms with van der Waals surface area (Å²) in [6, 6.07) is 8.63. The predicted molar refractivity (Wildman–Crippen MR) is 214 cm³/mol. The van der Waals surface area contributed by atoms with E-state index in [9.17, 15) is 39.6 Å². The van der Waals surface area contributed by atoms with Crippen molar-refractivity contribution in [3.63, 3.8) is 0 Å². The zero-order chi connectivity index (χ0) is 44.0. The van der Waals surface area contributed by atoms with Crippen LogP contribution in [0.15, 0.2) is 71.0 Å². The quantitative estimate of drug-likeness (QED) is 0.161. The van der Waals surface area contributed by atoms with Gasteiger partial charge in [0.05, 0.1) is 70.8 Å². The summed E-state index contributed by atoms with van der Waals surface area (Å²) in [7, 11) is 0.460. The Hall–Kier alpha value is -6.03. The van der Waals surface area contributed by atoms with Gasteiger partial charge >= 0.3 is 12.4 Å². The molecule has 0 saturated carbocycles. The summed E-state index contributed by atoms with van der Waals surface area (Å²) in [6.07, 6.45) is -4.07. The number of fused-ring (bicyclic) bond motifs is 4. The fourth-order valence-electron chi connectivity index (χ4n) is 6.23. The maximum Gasteiger partial charge on any atom is 0.433 e. The van der Waals surface area contributed by atoms with Crippen LogP contribution in [0.25, 0.3) is 56.3 Å². The summed E-state index contributed by atoms with van der Waals surface area (Å²) < 4.78 is 110. The van der Waals surface area contributed by atoms with Crippen LogP contribution < -0.4 is 5.73 Å². The molecule has 8 aromatic heterocycles. The highest BCUT2D eigenvalue weighted by Crippen LogP contribution is 2.35. The van der Waals surface area contributed by atoms with Gasteiger partial charge in [0.25, 0.3) is 0 Å². The molecule has 0 aliphatic heterocycles. The van der Waals surface area contributed by atoms with E-state index in [2.05, 4.69) is 30.1 Å². The van der Waals surface area contributed by atoms with E-state index in [1.807, 2.05) is 32.9 Å². The van der Waals surface area contributed by atoms with Gasteiger partial charge in [-0.3, -0.25) is 13.2 Å². The van der Waals surface area contributed by atoms with Crippen LogP contribution >= 0.6 is 0 Å². The minimum absolute atomic E-state index is 0.0814. The van der Waals surface area contributed by atoms with E-state index in [1.165, 1.54) is 21.3 Å². The molecule has 0 aromatic carbocycles. The number of imidazole rings is 2. The standard InChI is InChI=1S/C18H15F3N6O2S.C18H16F3N5OS.C2H6/c1-3-30(29)15-11-5-4-9(16(22)28)8-27(11)25-14(15)17-24-10-6-13(18(19,20)21)23-7-12(10)26(17)2;1-4-28(27)15-13-7-10(2)5-6-26(13)24-14(15)17-23-12-8-11(18(19,20)21)9-22-16(12)25(17)3;1-2/h4-8H,3H2,1-2H3,(H2,22,28);5-9H,4H2,1-3H3;1-2H3. The van der Waals surface area contributed by atoms with Crippen LogP contribution in [0, 0.1) is 6.92 Å². The average Bonchev–Trinajstić information content (AvgIpc) is 3.96. The summed E-state index contributed by atoms with van der Waals surface area (Å²) >= 11 is 0. The number of hydrogen-bond donors (Lipinski definition) is 1. The first kappa shape index (κ1) is 43.5. The largest absolute Gasteiger partial charge is 0.433 e. The number of alkyl halides is 6. The van der Waals surface area contributed by atoms with Gasteiger partial charge < -0.3 is 14.9 Å². The van der Waals surface area contributed by atoms with Gasteiger partial charge in [-0.2, -0.15) is 36.5 Å². The normalized spacial score (nSPS) is 13.0. The highest BCUT2D eigenvalue weighted by molar-refractivity contribution is 7.85. The van der Waals surface area contributed by atoms with Gasteiger partial charge in [0.2, 0.25) is 5.91 Å². The summed E-state index contributed by atoms with van der Waals surface area (Å²) in [5.74, 6) is 0.561. The molecule has 316 valence electrons. The third-order valence-corrected chi connectivity index (χ3v) is 11.9. The molecule has 8 rings (SSSR count). The molecule has 14 nitrogen and oxygen atoms in total. The van der Waals surface area contributed by atoms with E-state index >= 15 is 0 Å². The van der Waals surface area contributed by atoms with Crippen molar-refractivity contribution in [2.75, 3.05) is 11.5 Å². The third-order valence-electron chi connectivity index (χ3n) is 9.11. The molecule has 2 N–H and O–H groups in total. The minimum Gasteiger partial charge on any atom is -0.366 e. The van der Waals surface area contributed by atoms with Gasteiger partial charge in [0.15, 0.2) is 17.3 Å². The van der Waals surface area contributed by atoms with Crippen LogP contribution in [0.2, 0.25) is 0 Å². The fraction of sp³-hybridized carbons (Fsp3) is 0.289. The molecular weight excluding hydrogens is 837 g/mol. The van der Waals surface area contributed by atoms with Crippen molar-refractivity contribution in [3.05, 3.63) is 83.6 Å². The SMILES string of the molecule is CC.CCS(=O)c1c(-c2nc3cc(C(F)(F)F)cnc3n2C)nn2ccc(C)cc12.CCS(=O)c1c(-c2nc3cc(C(F)(F)F)ncc3n2C)nn2cc(C(N)=O)ccc12. The smallest absolute Gasteiger partial charge is 0.366 e. The number of rotatable bonds is 7. The second-order valence-electron chi connectivity index (χ2n) is 12.9. The lowest BCUT2D eigenvalue weighted by atomic mass is 10.2. The summed E-state index contributed by atoms with van der Waals surface area (Å²) in [4.78, 5) is 28.4. The second kappa shape index (κ2) is 16.6. The fourth-order valence-corrected chi connectivity index (χ4v) is 8.28. The average molecular weight is 874 g/mol. The Bertz CT molecular complexity index is 2980. The number of pyridine rings is 4. The molecule has 8 aromatic rings. The molecule has 0 fully saturated rings. The van der Waals surface area contributed by atoms with Crippen LogP contribution in [0.5, 0.6) is 0 Å². The van der Waals surface area contributed by atoms with Crippen molar-refractivity contribution in [1.29, 1.82) is 0 Å². The van der Waals surface area contributed by atoms with Crippen molar-refractivity contribution in [2.24, 2.45) is 19.8 Å². The number of aryl methyl sites for hydroxylation is 3. The van der Waals surface area contributed by atoms with E-state index < -0.39 is 51.1 Å². The van der Waals surface area contributed by atoms with Crippen LogP contribution in [0.1, 0.15) is 54.9 Å². The zero-order valence-electron chi connectivity index (χ0n) is 33.0. The molecule has 0 aliphatic carbocycles. The lowest BCUT2D eigenvalue weighted by Crippen LogP contribution is -2.11. The number of nitrogens with zero attached hydrogens (tertiary/aromatic N) is 10. The van der Waals surface area contributed by atoms with Crippen molar-refractivity contribution in [3.8, 4) is 23.0 Å². The van der Waals surface area contributed by atoms with Crippen LogP contribution in [-0.4, -0.2) is 74.1 Å². The number of primary amides is 1. The molecule has 1 amide bonds. The number of aromatic nitrogens is 10. The van der Waals surface area contributed by atoms with E-state index in [-0.39, 0.29) is 33.9 Å². The van der Waals surface area contributed by atoms with E-state index in [1.54, 1.807) is 49.3 Å². The maximum atomic E-state index is 13.0. The highest BCUT2D eigenvalue weighted by Gasteiger charge is 2.34. The number of halogens is 6. The Kier molecular flexibility index (Phi) is 12.0. The summed E-state index contributed by atoms with van der Waals surface area (Å²) in [5.41, 5.74) is 7.20. The topological polar surface area (TPSA) is 173 Å². The molecule has 0 spiro atoms. The van der Waals surface area contributed by atoms with E-state index in [0.717, 1.165) is 30.1 Å². The molecular formula is C38H37F6N11O3S2. The molecule has 0 bridgehead atoms. The first-order valence-corrected chi connectivity index (χ1v) is 20.8. The monoisotopic (exact) mass is 873 g/mol. The van der Waals surface area contributed by atoms with Crippen molar-refractivity contribution in [1.82, 2.24) is 48.3 Å². The van der Waals surface area contributed by atoms with Gasteiger partial charge in [-0.05, 0) is 48.9 Å². The highest BCUT2D eigenvalue weighted by atomic mass is 32.2. The van der Waals surface area contributed by atoms with Crippen molar-refractivity contribution < 1.29 is 39.6 Å². The predicted octanol–water partition coefficient (Wildman–Crippen LogP) is 7.29. The molecule has 8 heterocycles. The van der Waals surface area contributed by atoms with E-state index in [0.29, 0.717) is 49.3 Å². The second-order valence-corrected chi connectivity index (χ2v) is 16.2. The Balaban J connectivity index is 0.000000194. The first-order valence-electron chi connectivity index (χ1n) is 18.2. The van der Waals surface area contributed by atoms with Gasteiger partial charge in [-0.1, -0.05) is 27.7 Å². The molecule has 0 saturated heterocycles. The lowest BCUT2D eigenvalue weighted by Gasteiger charge is -2.05. The van der Waals surface area contributed by atoms with Gasteiger partial charge in [0.1, 0.15) is 22.6 Å². The molecule has 0 radical (unpaired) electrons. The zero-order valence-corrected chi connectivity index (χ0v) is 34.7. The van der Waals surface area contributed by atoms with Crippen LogP contribution in [0.4, 0.5) is 26.3 Å². The summed E-state index contributed by atoms with van der Waals surface area (Å²) in [5, 5.41) is 8.92. The Morgan fingerprint density at radius 1 is 0.733 bits per heavy atom. The van der Waals surface area contributed by atoms with E-state index in [4.69, 9.17) is 5.73 Å². The van der Waals surface area contributed by atoms with Gasteiger partial charge in [-0.25, -0.2) is 29.0 Å². The van der Waals surface area contributed by atoms with Gasteiger partial charge in [-0.15, -0.1) is 0 Å². The van der Waals surface area contributed by atoms with Crippen molar-refractivity contribution in [2.45, 2.75) is 56.8 Å². The molecule has 2 unspecified atom stereocenters. The Morgan fingerprint density at radius 3 is 1.93 bits per heavy atom. The van der Waals surface area contributed by atoms with Crippen LogP contribution in [0.3, 0.4) is 0 Å². The number of nitrogens with two attached hydrogens (primary N) is 1. The summed E-state index contributed by atoms with van der Waals surface area (Å²) in [6.45, 7) is 9.45. The minimum atomic E-state index is -4.60. The molecule has 22 heteroatoms. The number of amides is 1. The number of carbonyl (C=O) groups excluding carboxylic acids is 1. The Morgan fingerprint density at radius 2 is 1.33 bits per heavy atom. The molecule has 60 heavy (non-hydrogen) atoms. The lowest BCUT2D eigenvalue weighted by molar-refractivity contribution is -0.141. The first-order chi connectivity index (χ1) is 28.3.